The molecule has 26 heavy (non-hydrogen) atoms. The minimum Gasteiger partial charge on any atom is -0.481 e. The summed E-state index contributed by atoms with van der Waals surface area (Å²) in [7, 11) is -2.53. The fourth-order valence-electron chi connectivity index (χ4n) is 3.50. The zero-order chi connectivity index (χ0) is 19.1. The molecule has 0 amide bonds. The minimum absolute atomic E-state index is 0.0493. The van der Waals surface area contributed by atoms with E-state index in [1.807, 2.05) is 0 Å². The number of ether oxygens (including phenoxy) is 1. The van der Waals surface area contributed by atoms with Gasteiger partial charge in [0.1, 0.15) is 5.41 Å². The number of rotatable bonds is 6. The molecular formula is C18H16BrClO5S. The molecule has 3 rings (SSSR count). The molecule has 0 aliphatic heterocycles. The van der Waals surface area contributed by atoms with Gasteiger partial charge in [0.05, 0.1) is 16.8 Å². The Morgan fingerprint density at radius 3 is 2.27 bits per heavy atom. The van der Waals surface area contributed by atoms with Crippen LogP contribution in [0.1, 0.15) is 11.5 Å². The van der Waals surface area contributed by atoms with Crippen LogP contribution in [0.4, 0.5) is 0 Å². The highest BCUT2D eigenvalue weighted by Crippen LogP contribution is 2.64. The van der Waals surface area contributed by atoms with Crippen molar-refractivity contribution in [3.63, 3.8) is 0 Å². The summed E-state index contributed by atoms with van der Waals surface area (Å²) in [5.41, 5.74) is -0.878. The number of hydrogen-bond donors (Lipinski definition) is 1. The number of hydrogen-bond acceptors (Lipinski definition) is 4. The SMILES string of the molecule is COC[C@@]1(C(=O)O)[C@H](S(=O)(=O)c2ccc(Cl)cc2)[C@@H]1c1ccc(Br)cc1. The molecule has 1 fully saturated rings. The van der Waals surface area contributed by atoms with E-state index in [2.05, 4.69) is 15.9 Å². The zero-order valence-corrected chi connectivity index (χ0v) is 16.9. The maximum Gasteiger partial charge on any atom is 0.314 e. The van der Waals surface area contributed by atoms with Crippen molar-refractivity contribution in [1.82, 2.24) is 0 Å². The topological polar surface area (TPSA) is 80.7 Å². The van der Waals surface area contributed by atoms with Gasteiger partial charge in [0.2, 0.25) is 0 Å². The van der Waals surface area contributed by atoms with Crippen LogP contribution in [0.5, 0.6) is 0 Å². The summed E-state index contributed by atoms with van der Waals surface area (Å²) in [6, 6.07) is 12.7. The average Bonchev–Trinajstić information content (AvgIpc) is 3.27. The van der Waals surface area contributed by atoms with E-state index in [4.69, 9.17) is 16.3 Å². The van der Waals surface area contributed by atoms with E-state index in [0.717, 1.165) is 4.47 Å². The first-order valence-electron chi connectivity index (χ1n) is 7.72. The first-order valence-corrected chi connectivity index (χ1v) is 10.4. The number of aliphatic carboxylic acids is 1. The van der Waals surface area contributed by atoms with Crippen LogP contribution < -0.4 is 0 Å². The standard InChI is InChI=1S/C18H16BrClO5S/c1-25-10-18(17(21)22)15(11-2-4-12(19)5-3-11)16(18)26(23,24)14-8-6-13(20)7-9-14/h2-9,15-16H,10H2,1H3,(H,21,22)/t15-,16+,18-/m0/s1. The molecule has 1 N–H and O–H groups in total. The van der Waals surface area contributed by atoms with Crippen LogP contribution >= 0.6 is 27.5 Å². The van der Waals surface area contributed by atoms with Crippen molar-refractivity contribution in [3.8, 4) is 0 Å². The molecule has 0 spiro atoms. The average molecular weight is 460 g/mol. The lowest BCUT2D eigenvalue weighted by Gasteiger charge is -2.12. The van der Waals surface area contributed by atoms with Gasteiger partial charge in [-0.1, -0.05) is 39.7 Å². The van der Waals surface area contributed by atoms with Gasteiger partial charge in [0, 0.05) is 22.5 Å². The largest absolute Gasteiger partial charge is 0.481 e. The van der Waals surface area contributed by atoms with Gasteiger partial charge in [-0.2, -0.15) is 0 Å². The van der Waals surface area contributed by atoms with E-state index in [0.29, 0.717) is 10.6 Å². The monoisotopic (exact) mass is 458 g/mol. The Kier molecular flexibility index (Phi) is 5.18. The van der Waals surface area contributed by atoms with Crippen molar-refractivity contribution >= 4 is 43.3 Å². The van der Waals surface area contributed by atoms with E-state index in [1.165, 1.54) is 31.4 Å². The first kappa shape index (κ1) is 19.4. The molecular weight excluding hydrogens is 444 g/mol. The van der Waals surface area contributed by atoms with Gasteiger partial charge >= 0.3 is 5.97 Å². The van der Waals surface area contributed by atoms with E-state index in [1.54, 1.807) is 24.3 Å². The fourth-order valence-corrected chi connectivity index (χ4v) is 6.25. The molecule has 1 aliphatic rings. The molecule has 2 aromatic rings. The molecule has 0 bridgehead atoms. The lowest BCUT2D eigenvalue weighted by molar-refractivity contribution is -0.145. The smallest absolute Gasteiger partial charge is 0.314 e. The number of methoxy groups -OCH3 is 1. The number of carbonyl (C=O) groups is 1. The molecule has 2 aromatic carbocycles. The third kappa shape index (κ3) is 3.07. The Hall–Kier alpha value is -1.41. The lowest BCUT2D eigenvalue weighted by atomic mass is 10.0. The fraction of sp³-hybridized carbons (Fsp3) is 0.278. The van der Waals surface area contributed by atoms with Crippen molar-refractivity contribution < 1.29 is 23.1 Å². The van der Waals surface area contributed by atoms with Crippen molar-refractivity contribution in [2.75, 3.05) is 13.7 Å². The van der Waals surface area contributed by atoms with Gasteiger partial charge in [-0.25, -0.2) is 8.42 Å². The van der Waals surface area contributed by atoms with Gasteiger partial charge < -0.3 is 9.84 Å². The zero-order valence-electron chi connectivity index (χ0n) is 13.7. The van der Waals surface area contributed by atoms with Crippen molar-refractivity contribution in [1.29, 1.82) is 0 Å². The molecule has 0 saturated heterocycles. The molecule has 3 atom stereocenters. The second-order valence-corrected chi connectivity index (χ2v) is 9.65. The van der Waals surface area contributed by atoms with Crippen molar-refractivity contribution in [2.24, 2.45) is 5.41 Å². The Bertz CT molecular complexity index is 927. The maximum absolute atomic E-state index is 13.2. The van der Waals surface area contributed by atoms with Crippen LogP contribution in [0.25, 0.3) is 0 Å². The summed E-state index contributed by atoms with van der Waals surface area (Å²) < 4.78 is 32.3. The third-order valence-electron chi connectivity index (χ3n) is 4.74. The van der Waals surface area contributed by atoms with E-state index in [-0.39, 0.29) is 11.5 Å². The minimum atomic E-state index is -3.90. The molecule has 8 heteroatoms. The molecule has 1 saturated carbocycles. The van der Waals surface area contributed by atoms with Gasteiger partial charge in [-0.05, 0) is 42.0 Å². The number of carboxylic acids is 1. The third-order valence-corrected chi connectivity index (χ3v) is 7.81. The Morgan fingerprint density at radius 2 is 1.77 bits per heavy atom. The van der Waals surface area contributed by atoms with Crippen molar-refractivity contribution in [3.05, 3.63) is 63.6 Å². The van der Waals surface area contributed by atoms with Crippen LogP contribution in [-0.2, 0) is 19.4 Å². The second-order valence-electron chi connectivity index (χ2n) is 6.23. The number of carboxylic acid groups (broad SMARTS) is 1. The molecule has 138 valence electrons. The lowest BCUT2D eigenvalue weighted by Crippen LogP contribution is -2.28. The van der Waals surface area contributed by atoms with E-state index in [9.17, 15) is 18.3 Å². The van der Waals surface area contributed by atoms with Gasteiger partial charge in [0.15, 0.2) is 9.84 Å². The Morgan fingerprint density at radius 1 is 1.19 bits per heavy atom. The van der Waals surface area contributed by atoms with Gasteiger partial charge in [0.25, 0.3) is 0 Å². The highest BCUT2D eigenvalue weighted by molar-refractivity contribution is 9.10. The van der Waals surface area contributed by atoms with Crippen LogP contribution in [0.2, 0.25) is 5.02 Å². The number of halogens is 2. The Balaban J connectivity index is 2.11. The van der Waals surface area contributed by atoms with Gasteiger partial charge in [-0.15, -0.1) is 0 Å². The molecule has 0 aromatic heterocycles. The number of sulfone groups is 1. The first-order chi connectivity index (χ1) is 12.2. The molecule has 0 unspecified atom stereocenters. The number of benzene rings is 2. The normalized spacial score (nSPS) is 25.0. The summed E-state index contributed by atoms with van der Waals surface area (Å²) in [4.78, 5) is 12.1. The van der Waals surface area contributed by atoms with Crippen LogP contribution in [0.3, 0.4) is 0 Å². The molecule has 5 nitrogen and oxygen atoms in total. The van der Waals surface area contributed by atoms with Crippen LogP contribution in [0, 0.1) is 5.41 Å². The predicted octanol–water partition coefficient (Wildman–Crippen LogP) is 3.76. The van der Waals surface area contributed by atoms with Crippen LogP contribution in [0.15, 0.2) is 57.9 Å². The van der Waals surface area contributed by atoms with E-state index >= 15 is 0 Å². The summed E-state index contributed by atoms with van der Waals surface area (Å²) >= 11 is 9.17. The molecule has 0 heterocycles. The molecule has 1 aliphatic carbocycles. The quantitative estimate of drug-likeness (QED) is 0.711. The summed E-state index contributed by atoms with van der Waals surface area (Å²) in [5.74, 6) is -1.89. The Labute approximate surface area is 165 Å². The van der Waals surface area contributed by atoms with Crippen LogP contribution in [-0.4, -0.2) is 38.5 Å². The maximum atomic E-state index is 13.2. The molecule has 0 radical (unpaired) electrons. The van der Waals surface area contributed by atoms with Gasteiger partial charge in [-0.3, -0.25) is 4.79 Å². The predicted molar refractivity (Wildman–Crippen MR) is 101 cm³/mol. The highest BCUT2D eigenvalue weighted by Gasteiger charge is 2.76. The highest BCUT2D eigenvalue weighted by atomic mass is 79.9. The summed E-state index contributed by atoms with van der Waals surface area (Å²) in [5, 5.41) is 9.16. The van der Waals surface area contributed by atoms with E-state index < -0.39 is 32.4 Å². The second kappa shape index (κ2) is 6.96. The summed E-state index contributed by atoms with van der Waals surface area (Å²) in [6.45, 7) is -0.194. The summed E-state index contributed by atoms with van der Waals surface area (Å²) in [6.07, 6.45) is 0. The van der Waals surface area contributed by atoms with Crippen molar-refractivity contribution in [2.45, 2.75) is 16.1 Å².